The summed E-state index contributed by atoms with van der Waals surface area (Å²) in [6.07, 6.45) is 4.80. The van der Waals surface area contributed by atoms with E-state index < -0.39 is 0 Å². The second kappa shape index (κ2) is 6.10. The lowest BCUT2D eigenvalue weighted by molar-refractivity contribution is 0.0702. The maximum atomic E-state index is 12.6. The minimum Gasteiger partial charge on any atom is -0.335 e. The summed E-state index contributed by atoms with van der Waals surface area (Å²) in [6.45, 7) is 3.17. The van der Waals surface area contributed by atoms with Crippen molar-refractivity contribution in [3.05, 3.63) is 19.9 Å². The highest BCUT2D eigenvalue weighted by Gasteiger charge is 2.34. The van der Waals surface area contributed by atoms with E-state index in [4.69, 9.17) is 0 Å². The molecule has 1 saturated heterocycles. The largest absolute Gasteiger partial charge is 0.335 e. The van der Waals surface area contributed by atoms with Crippen molar-refractivity contribution in [3.8, 4) is 0 Å². The smallest absolute Gasteiger partial charge is 0.254 e. The van der Waals surface area contributed by atoms with Crippen LogP contribution in [0.1, 0.15) is 36.0 Å². The van der Waals surface area contributed by atoms with E-state index in [1.807, 2.05) is 11.4 Å². The van der Waals surface area contributed by atoms with Gasteiger partial charge in [0.1, 0.15) is 0 Å². The van der Waals surface area contributed by atoms with Crippen molar-refractivity contribution >= 4 is 39.8 Å². The number of thiophene rings is 1. The summed E-state index contributed by atoms with van der Waals surface area (Å²) in [5.41, 5.74) is 0.884. The summed E-state index contributed by atoms with van der Waals surface area (Å²) in [6, 6.07) is 2.53. The lowest BCUT2D eigenvalue weighted by atomic mass is 9.97. The summed E-state index contributed by atoms with van der Waals surface area (Å²) in [7, 11) is 0. The molecule has 2 aliphatic rings. The number of rotatable bonds is 4. The van der Waals surface area contributed by atoms with Crippen LogP contribution in [0.5, 0.6) is 0 Å². The molecule has 0 bridgehead atoms. The Kier molecular flexibility index (Phi) is 4.44. The van der Waals surface area contributed by atoms with Crippen LogP contribution >= 0.6 is 33.9 Å². The lowest BCUT2D eigenvalue weighted by Crippen LogP contribution is -2.40. The quantitative estimate of drug-likeness (QED) is 0.802. The fraction of sp³-hybridized carbons (Fsp3) is 0.643. The van der Waals surface area contributed by atoms with Gasteiger partial charge in [-0.3, -0.25) is 4.79 Å². The zero-order valence-corrected chi connectivity index (χ0v) is 13.9. The van der Waals surface area contributed by atoms with Crippen molar-refractivity contribution in [1.82, 2.24) is 10.2 Å². The van der Waals surface area contributed by atoms with Crippen molar-refractivity contribution in [2.75, 3.05) is 19.6 Å². The molecule has 104 valence electrons. The molecular formula is C14H19IN2OS. The third-order valence-corrected chi connectivity index (χ3v) is 5.77. The molecule has 1 aromatic heterocycles. The fourth-order valence-electron chi connectivity index (χ4n) is 2.71. The Morgan fingerprint density at radius 1 is 1.37 bits per heavy atom. The molecule has 1 aliphatic carbocycles. The molecule has 0 radical (unpaired) electrons. The number of hydrogen-bond acceptors (Lipinski definition) is 3. The van der Waals surface area contributed by atoms with E-state index in [0.29, 0.717) is 12.0 Å². The molecular weight excluding hydrogens is 371 g/mol. The zero-order chi connectivity index (χ0) is 13.2. The van der Waals surface area contributed by atoms with Gasteiger partial charge < -0.3 is 10.2 Å². The van der Waals surface area contributed by atoms with Crippen LogP contribution in [0.25, 0.3) is 0 Å². The molecule has 1 saturated carbocycles. The molecule has 5 heteroatoms. The van der Waals surface area contributed by atoms with E-state index in [9.17, 15) is 4.79 Å². The van der Waals surface area contributed by atoms with Gasteiger partial charge in [0.2, 0.25) is 0 Å². The predicted molar refractivity (Wildman–Crippen MR) is 86.7 cm³/mol. The summed E-state index contributed by atoms with van der Waals surface area (Å²) >= 11 is 3.94. The van der Waals surface area contributed by atoms with Crippen molar-refractivity contribution < 1.29 is 4.79 Å². The van der Waals surface area contributed by atoms with Crippen LogP contribution in [0.3, 0.4) is 0 Å². The predicted octanol–water partition coefficient (Wildman–Crippen LogP) is 2.96. The summed E-state index contributed by atoms with van der Waals surface area (Å²) in [5, 5.41) is 5.40. The lowest BCUT2D eigenvalue weighted by Gasteiger charge is -2.30. The van der Waals surface area contributed by atoms with Gasteiger partial charge in [-0.25, -0.2) is 0 Å². The van der Waals surface area contributed by atoms with Crippen molar-refractivity contribution in [2.45, 2.75) is 31.7 Å². The average Bonchev–Trinajstić information content (AvgIpc) is 3.18. The van der Waals surface area contributed by atoms with Gasteiger partial charge in [-0.2, -0.15) is 0 Å². The topological polar surface area (TPSA) is 32.3 Å². The first-order chi connectivity index (χ1) is 9.24. The van der Waals surface area contributed by atoms with Crippen LogP contribution < -0.4 is 5.32 Å². The Morgan fingerprint density at radius 3 is 2.68 bits per heavy atom. The van der Waals surface area contributed by atoms with Crippen molar-refractivity contribution in [1.29, 1.82) is 0 Å². The van der Waals surface area contributed by atoms with Crippen LogP contribution in [0.4, 0.5) is 0 Å². The molecule has 2 heterocycles. The Labute approximate surface area is 131 Å². The Morgan fingerprint density at radius 2 is 2.11 bits per heavy atom. The molecule has 3 nitrogen and oxygen atoms in total. The number of nitrogens with one attached hydrogen (secondary N) is 1. The first-order valence-corrected chi connectivity index (χ1v) is 8.95. The standard InChI is InChI=1S/C14H19IN2OS/c15-13-7-11(9-19-13)14(18)17(12-1-2-12)8-10-3-5-16-6-4-10/h7,9-10,12,16H,1-6,8H2. The number of piperidine rings is 1. The number of amides is 1. The number of halogens is 1. The normalized spacial score (nSPS) is 20.5. The minimum absolute atomic E-state index is 0.250. The first-order valence-electron chi connectivity index (χ1n) is 7.00. The molecule has 1 aliphatic heterocycles. The Balaban J connectivity index is 1.68. The minimum atomic E-state index is 0.250. The van der Waals surface area contributed by atoms with Gasteiger partial charge in [0.25, 0.3) is 5.91 Å². The number of nitrogens with zero attached hydrogens (tertiary/aromatic N) is 1. The summed E-state index contributed by atoms with van der Waals surface area (Å²) in [5.74, 6) is 0.934. The van der Waals surface area contributed by atoms with Gasteiger partial charge in [-0.15, -0.1) is 11.3 Å². The van der Waals surface area contributed by atoms with Crippen molar-refractivity contribution in [3.63, 3.8) is 0 Å². The monoisotopic (exact) mass is 390 g/mol. The zero-order valence-electron chi connectivity index (χ0n) is 10.9. The van der Waals surface area contributed by atoms with Gasteiger partial charge in [0, 0.05) is 18.0 Å². The first kappa shape index (κ1) is 13.8. The second-order valence-electron chi connectivity index (χ2n) is 5.52. The number of carbonyl (C=O) groups excluding carboxylic acids is 1. The van der Waals surface area contributed by atoms with E-state index in [1.165, 1.54) is 28.6 Å². The van der Waals surface area contributed by atoms with Crippen LogP contribution in [-0.4, -0.2) is 36.5 Å². The van der Waals surface area contributed by atoms with E-state index in [2.05, 4.69) is 32.8 Å². The SMILES string of the molecule is O=C(c1csc(I)c1)N(CC1CCNCC1)C1CC1. The molecule has 19 heavy (non-hydrogen) atoms. The van der Waals surface area contributed by atoms with Gasteiger partial charge in [-0.05, 0) is 73.3 Å². The highest BCUT2D eigenvalue weighted by Crippen LogP contribution is 2.31. The molecule has 3 rings (SSSR count). The van der Waals surface area contributed by atoms with E-state index in [1.54, 1.807) is 11.3 Å². The average molecular weight is 390 g/mol. The van der Waals surface area contributed by atoms with Gasteiger partial charge in [0.15, 0.2) is 0 Å². The molecule has 0 unspecified atom stereocenters. The highest BCUT2D eigenvalue weighted by atomic mass is 127. The number of carbonyl (C=O) groups is 1. The maximum absolute atomic E-state index is 12.6. The Bertz CT molecular complexity index is 452. The van der Waals surface area contributed by atoms with Gasteiger partial charge in [-0.1, -0.05) is 0 Å². The van der Waals surface area contributed by atoms with Crippen LogP contribution in [-0.2, 0) is 0 Å². The third-order valence-electron chi connectivity index (χ3n) is 3.98. The third kappa shape index (κ3) is 3.49. The fourth-order valence-corrected chi connectivity index (χ4v) is 4.03. The van der Waals surface area contributed by atoms with Gasteiger partial charge >= 0.3 is 0 Å². The highest BCUT2D eigenvalue weighted by molar-refractivity contribution is 14.1. The van der Waals surface area contributed by atoms with Gasteiger partial charge in [0.05, 0.1) is 8.45 Å². The molecule has 1 N–H and O–H groups in total. The molecule has 1 aromatic rings. The van der Waals surface area contributed by atoms with Crippen molar-refractivity contribution in [2.24, 2.45) is 5.92 Å². The molecule has 0 atom stereocenters. The van der Waals surface area contributed by atoms with E-state index in [0.717, 1.165) is 25.2 Å². The van der Waals surface area contributed by atoms with Crippen LogP contribution in [0.2, 0.25) is 0 Å². The second-order valence-corrected chi connectivity index (χ2v) is 8.33. The molecule has 0 spiro atoms. The van der Waals surface area contributed by atoms with Crippen LogP contribution in [0, 0.1) is 8.80 Å². The molecule has 2 fully saturated rings. The maximum Gasteiger partial charge on any atom is 0.254 e. The van der Waals surface area contributed by atoms with E-state index in [-0.39, 0.29) is 5.91 Å². The number of hydrogen-bond donors (Lipinski definition) is 1. The Hall–Kier alpha value is -0.140. The van der Waals surface area contributed by atoms with E-state index >= 15 is 0 Å². The summed E-state index contributed by atoms with van der Waals surface area (Å²) in [4.78, 5) is 14.8. The summed E-state index contributed by atoms with van der Waals surface area (Å²) < 4.78 is 1.19. The molecule has 1 amide bonds. The molecule has 0 aromatic carbocycles. The van der Waals surface area contributed by atoms with Crippen LogP contribution in [0.15, 0.2) is 11.4 Å².